The summed E-state index contributed by atoms with van der Waals surface area (Å²) in [4.78, 5) is 23.2. The Kier molecular flexibility index (Phi) is 3.79. The third-order valence-electron chi connectivity index (χ3n) is 3.40. The van der Waals surface area contributed by atoms with Gasteiger partial charge in [-0.2, -0.15) is 5.10 Å². The van der Waals surface area contributed by atoms with Crippen LogP contribution in [0.5, 0.6) is 0 Å². The molecule has 1 amide bonds. The molecule has 0 aromatic carbocycles. The van der Waals surface area contributed by atoms with Crippen LogP contribution >= 0.6 is 0 Å². The van der Waals surface area contributed by atoms with Crippen LogP contribution in [-0.2, 0) is 18.3 Å². The average Bonchev–Trinajstić information content (AvgIpc) is 2.73. The van der Waals surface area contributed by atoms with Crippen LogP contribution in [-0.4, -0.2) is 27.5 Å². The van der Waals surface area contributed by atoms with Crippen LogP contribution in [0, 0.1) is 0 Å². The number of rotatable bonds is 3. The van der Waals surface area contributed by atoms with Crippen LogP contribution in [0.15, 0.2) is 6.07 Å². The molecule has 0 saturated heterocycles. The minimum atomic E-state index is -0.0935. The molecule has 1 aromatic heterocycles. The maximum absolute atomic E-state index is 12.1. The highest BCUT2D eigenvalue weighted by molar-refractivity contribution is 5.93. The van der Waals surface area contributed by atoms with Crippen molar-refractivity contribution in [2.75, 3.05) is 0 Å². The zero-order valence-corrected chi connectivity index (χ0v) is 10.9. The van der Waals surface area contributed by atoms with Crippen molar-refractivity contribution in [2.24, 2.45) is 7.05 Å². The van der Waals surface area contributed by atoms with Crippen molar-refractivity contribution in [1.82, 2.24) is 15.1 Å². The summed E-state index contributed by atoms with van der Waals surface area (Å²) in [6, 6.07) is 1.94. The van der Waals surface area contributed by atoms with E-state index in [1.54, 1.807) is 11.7 Å². The lowest BCUT2D eigenvalue weighted by Gasteiger charge is -2.21. The molecule has 1 N–H and O–H groups in total. The van der Waals surface area contributed by atoms with E-state index in [1.807, 2.05) is 13.0 Å². The standard InChI is InChI=1S/C13H19N3O2/c1-3-9-8-12(16(2)15-9)13(18)14-10-4-6-11(17)7-5-10/h8,10H,3-7H2,1-2H3,(H,14,18). The number of hydrogen-bond donors (Lipinski definition) is 1. The van der Waals surface area contributed by atoms with E-state index >= 15 is 0 Å². The number of amides is 1. The second kappa shape index (κ2) is 5.33. The molecule has 2 rings (SSSR count). The van der Waals surface area contributed by atoms with Crippen LogP contribution in [0.2, 0.25) is 0 Å². The molecule has 0 aliphatic heterocycles. The lowest BCUT2D eigenvalue weighted by atomic mass is 9.94. The number of carbonyl (C=O) groups excluding carboxylic acids is 2. The SMILES string of the molecule is CCc1cc(C(=O)NC2CCC(=O)CC2)n(C)n1. The molecule has 98 valence electrons. The van der Waals surface area contributed by atoms with Crippen molar-refractivity contribution in [1.29, 1.82) is 0 Å². The summed E-state index contributed by atoms with van der Waals surface area (Å²) >= 11 is 0. The summed E-state index contributed by atoms with van der Waals surface area (Å²) in [5.74, 6) is 0.207. The number of aromatic nitrogens is 2. The van der Waals surface area contributed by atoms with Crippen LogP contribution in [0.4, 0.5) is 0 Å². The van der Waals surface area contributed by atoms with Gasteiger partial charge in [-0.1, -0.05) is 6.92 Å². The third kappa shape index (κ3) is 2.78. The molecular weight excluding hydrogens is 230 g/mol. The summed E-state index contributed by atoms with van der Waals surface area (Å²) < 4.78 is 1.61. The normalized spacial score (nSPS) is 16.9. The molecule has 1 fully saturated rings. The zero-order chi connectivity index (χ0) is 13.1. The monoisotopic (exact) mass is 249 g/mol. The molecule has 0 unspecified atom stereocenters. The Labute approximate surface area is 107 Å². The first-order chi connectivity index (χ1) is 8.60. The fraction of sp³-hybridized carbons (Fsp3) is 0.615. The molecular formula is C13H19N3O2. The Hall–Kier alpha value is -1.65. The summed E-state index contributed by atoms with van der Waals surface area (Å²) in [6.45, 7) is 2.01. The van der Waals surface area contributed by atoms with Crippen molar-refractivity contribution in [2.45, 2.75) is 45.1 Å². The van der Waals surface area contributed by atoms with Gasteiger partial charge in [-0.3, -0.25) is 14.3 Å². The molecule has 1 aromatic rings. The molecule has 5 nitrogen and oxygen atoms in total. The number of hydrogen-bond acceptors (Lipinski definition) is 3. The van der Waals surface area contributed by atoms with Gasteiger partial charge in [0.2, 0.25) is 0 Å². The third-order valence-corrected chi connectivity index (χ3v) is 3.40. The van der Waals surface area contributed by atoms with E-state index in [0.717, 1.165) is 25.0 Å². The van der Waals surface area contributed by atoms with Gasteiger partial charge in [-0.05, 0) is 25.3 Å². The number of aryl methyl sites for hydroxylation is 2. The molecule has 0 spiro atoms. The highest BCUT2D eigenvalue weighted by Gasteiger charge is 2.22. The largest absolute Gasteiger partial charge is 0.348 e. The maximum atomic E-state index is 12.1. The van der Waals surface area contributed by atoms with Gasteiger partial charge in [0.15, 0.2) is 0 Å². The van der Waals surface area contributed by atoms with E-state index in [-0.39, 0.29) is 11.9 Å². The molecule has 18 heavy (non-hydrogen) atoms. The number of nitrogens with one attached hydrogen (secondary N) is 1. The van der Waals surface area contributed by atoms with Gasteiger partial charge in [-0.15, -0.1) is 0 Å². The zero-order valence-electron chi connectivity index (χ0n) is 10.9. The predicted octanol–water partition coefficient (Wildman–Crippen LogP) is 1.22. The summed E-state index contributed by atoms with van der Waals surface area (Å²) in [5, 5.41) is 7.24. The van der Waals surface area contributed by atoms with Gasteiger partial charge in [-0.25, -0.2) is 0 Å². The topological polar surface area (TPSA) is 64.0 Å². The minimum Gasteiger partial charge on any atom is -0.348 e. The Morgan fingerprint density at radius 2 is 2.17 bits per heavy atom. The van der Waals surface area contributed by atoms with Crippen LogP contribution in [0.3, 0.4) is 0 Å². The van der Waals surface area contributed by atoms with Crippen molar-refractivity contribution in [3.63, 3.8) is 0 Å². The first-order valence-electron chi connectivity index (χ1n) is 6.45. The minimum absolute atomic E-state index is 0.0935. The van der Waals surface area contributed by atoms with Gasteiger partial charge in [0.05, 0.1) is 5.69 Å². The Morgan fingerprint density at radius 1 is 1.50 bits per heavy atom. The molecule has 0 radical (unpaired) electrons. The average molecular weight is 249 g/mol. The molecule has 1 aliphatic rings. The second-order valence-electron chi connectivity index (χ2n) is 4.78. The van der Waals surface area contributed by atoms with Crippen molar-refractivity contribution in [3.05, 3.63) is 17.5 Å². The number of carbonyl (C=O) groups is 2. The number of ketones is 1. The molecule has 1 aliphatic carbocycles. The lowest BCUT2D eigenvalue weighted by Crippen LogP contribution is -2.38. The summed E-state index contributed by atoms with van der Waals surface area (Å²) in [6.07, 6.45) is 3.48. The molecule has 0 atom stereocenters. The van der Waals surface area contributed by atoms with E-state index < -0.39 is 0 Å². The highest BCUT2D eigenvalue weighted by Crippen LogP contribution is 2.15. The predicted molar refractivity (Wildman–Crippen MR) is 67.3 cm³/mol. The Morgan fingerprint density at radius 3 is 2.72 bits per heavy atom. The van der Waals surface area contributed by atoms with E-state index in [2.05, 4.69) is 10.4 Å². The molecule has 1 saturated carbocycles. The maximum Gasteiger partial charge on any atom is 0.269 e. The molecule has 5 heteroatoms. The van der Waals surface area contributed by atoms with Gasteiger partial charge >= 0.3 is 0 Å². The van der Waals surface area contributed by atoms with E-state index in [1.165, 1.54) is 0 Å². The fourth-order valence-electron chi connectivity index (χ4n) is 2.26. The first kappa shape index (κ1) is 12.8. The Balaban J connectivity index is 1.98. The smallest absolute Gasteiger partial charge is 0.269 e. The second-order valence-corrected chi connectivity index (χ2v) is 4.78. The number of Topliss-reactive ketones (excluding diaryl/α,β-unsaturated/α-hetero) is 1. The number of nitrogens with zero attached hydrogens (tertiary/aromatic N) is 2. The van der Waals surface area contributed by atoms with Crippen molar-refractivity contribution >= 4 is 11.7 Å². The highest BCUT2D eigenvalue weighted by atomic mass is 16.2. The fourth-order valence-corrected chi connectivity index (χ4v) is 2.26. The summed E-state index contributed by atoms with van der Waals surface area (Å²) in [7, 11) is 1.78. The van der Waals surface area contributed by atoms with Gasteiger partial charge in [0.25, 0.3) is 5.91 Å². The van der Waals surface area contributed by atoms with Crippen molar-refractivity contribution < 1.29 is 9.59 Å². The van der Waals surface area contributed by atoms with E-state index in [9.17, 15) is 9.59 Å². The first-order valence-corrected chi connectivity index (χ1v) is 6.45. The molecule has 0 bridgehead atoms. The van der Waals surface area contributed by atoms with Crippen LogP contribution < -0.4 is 5.32 Å². The van der Waals surface area contributed by atoms with E-state index in [0.29, 0.717) is 24.3 Å². The van der Waals surface area contributed by atoms with Gasteiger partial charge < -0.3 is 5.32 Å². The van der Waals surface area contributed by atoms with E-state index in [4.69, 9.17) is 0 Å². The molecule has 1 heterocycles. The lowest BCUT2D eigenvalue weighted by molar-refractivity contribution is -0.120. The van der Waals surface area contributed by atoms with Crippen LogP contribution in [0.25, 0.3) is 0 Å². The summed E-state index contributed by atoms with van der Waals surface area (Å²) in [5.41, 5.74) is 1.50. The van der Waals surface area contributed by atoms with Crippen LogP contribution in [0.1, 0.15) is 48.8 Å². The van der Waals surface area contributed by atoms with Crippen molar-refractivity contribution in [3.8, 4) is 0 Å². The Bertz CT molecular complexity index is 455. The van der Waals surface area contributed by atoms with Gasteiger partial charge in [0.1, 0.15) is 11.5 Å². The van der Waals surface area contributed by atoms with Gasteiger partial charge in [0, 0.05) is 25.9 Å². The quantitative estimate of drug-likeness (QED) is 0.876.